The van der Waals surface area contributed by atoms with Gasteiger partial charge in [0.25, 0.3) is 0 Å². The molecule has 7 aliphatic rings. The van der Waals surface area contributed by atoms with Gasteiger partial charge in [0.05, 0.1) is 0 Å². The lowest BCUT2D eigenvalue weighted by atomic mass is 9.63. The average Bonchev–Trinajstić information content (AvgIpc) is 0.953. The first-order chi connectivity index (χ1) is 44.7. The fourth-order valence-corrected chi connectivity index (χ4v) is 14.0. The van der Waals surface area contributed by atoms with Crippen LogP contribution in [0.4, 0.5) is 0 Å². The minimum absolute atomic E-state index is 0.0653. The minimum atomic E-state index is 0.0653. The molecule has 0 N–H and O–H groups in total. The number of likely N-dealkylation sites (N-methyl/N-ethyl adjacent to an activating group) is 1. The third-order valence-corrected chi connectivity index (χ3v) is 23.2. The summed E-state index contributed by atoms with van der Waals surface area (Å²) in [6.07, 6.45) is 23.0. The molecular formula is C88H156N8O2. The highest BCUT2D eigenvalue weighted by Gasteiger charge is 2.47. The molecule has 0 aromatic heterocycles. The van der Waals surface area contributed by atoms with Gasteiger partial charge >= 0.3 is 0 Å². The van der Waals surface area contributed by atoms with E-state index in [0.29, 0.717) is 61.3 Å². The minimum Gasteiger partial charge on any atom is -0.372 e. The molecule has 2 amide bonds. The molecule has 7 rings (SSSR count). The first-order valence-electron chi connectivity index (χ1n) is 37.6. The van der Waals surface area contributed by atoms with Crippen LogP contribution in [0.3, 0.4) is 0 Å². The van der Waals surface area contributed by atoms with E-state index >= 15 is 0 Å². The summed E-state index contributed by atoms with van der Waals surface area (Å²) in [4.78, 5) is 40.6. The van der Waals surface area contributed by atoms with Gasteiger partial charge in [-0.25, -0.2) is 0 Å². The second-order valence-electron chi connectivity index (χ2n) is 37.7. The van der Waals surface area contributed by atoms with Crippen LogP contribution in [0, 0.1) is 78.8 Å². The molecule has 5 atom stereocenters. The molecule has 0 aliphatic carbocycles. The van der Waals surface area contributed by atoms with E-state index in [1.165, 1.54) is 38.2 Å². The van der Waals surface area contributed by atoms with Gasteiger partial charge in [-0.3, -0.25) is 9.59 Å². The van der Waals surface area contributed by atoms with Crippen molar-refractivity contribution in [3.8, 4) is 0 Å². The Morgan fingerprint density at radius 1 is 0.408 bits per heavy atom. The Hall–Kier alpha value is -5.22. The van der Waals surface area contributed by atoms with Gasteiger partial charge in [0.2, 0.25) is 11.8 Å². The molecule has 0 bridgehead atoms. The third-order valence-electron chi connectivity index (χ3n) is 23.2. The summed E-state index contributed by atoms with van der Waals surface area (Å²) in [5.74, 6) is 4.90. The zero-order valence-corrected chi connectivity index (χ0v) is 69.1. The van der Waals surface area contributed by atoms with Crippen LogP contribution in [0.25, 0.3) is 0 Å². The van der Waals surface area contributed by atoms with Crippen molar-refractivity contribution in [1.82, 2.24) is 39.2 Å². The van der Waals surface area contributed by atoms with E-state index in [1.807, 2.05) is 60.4 Å². The van der Waals surface area contributed by atoms with Crippen molar-refractivity contribution in [2.45, 2.75) is 223 Å². The molecule has 7 saturated heterocycles. The summed E-state index contributed by atoms with van der Waals surface area (Å²) < 4.78 is 0. The second kappa shape index (κ2) is 38.7. The molecule has 98 heavy (non-hydrogen) atoms. The van der Waals surface area contributed by atoms with E-state index in [4.69, 9.17) is 0 Å². The fraction of sp³-hybridized carbons (Fsp3) is 0.705. The predicted molar refractivity (Wildman–Crippen MR) is 432 cm³/mol. The van der Waals surface area contributed by atoms with Crippen LogP contribution < -0.4 is 0 Å². The maximum absolute atomic E-state index is 12.0. The molecule has 560 valence electrons. The number of likely N-dealkylation sites (tertiary alicyclic amines) is 7. The molecule has 10 nitrogen and oxygen atoms in total. The summed E-state index contributed by atoms with van der Waals surface area (Å²) in [5, 5.41) is 0. The zero-order chi connectivity index (χ0) is 76.1. The number of carbonyl (C=O) groups excluding carboxylic acids is 2. The van der Waals surface area contributed by atoms with Crippen LogP contribution in [0.5, 0.6) is 0 Å². The number of allylic oxidation sites excluding steroid dienone is 5. The fourth-order valence-electron chi connectivity index (χ4n) is 14.0. The highest BCUT2D eigenvalue weighted by atomic mass is 16.2. The van der Waals surface area contributed by atoms with Crippen molar-refractivity contribution < 1.29 is 9.59 Å². The number of piperidine rings is 3. The van der Waals surface area contributed by atoms with Crippen LogP contribution in [0.2, 0.25) is 0 Å². The molecule has 10 heteroatoms. The lowest BCUT2D eigenvalue weighted by Crippen LogP contribution is -2.59. The Bertz CT molecular complexity index is 2600. The Kier molecular flexibility index (Phi) is 35.9. The lowest BCUT2D eigenvalue weighted by Gasteiger charge is -2.56. The Morgan fingerprint density at radius 2 is 0.765 bits per heavy atom. The molecule has 7 fully saturated rings. The quantitative estimate of drug-likeness (QED) is 0.126. The van der Waals surface area contributed by atoms with Gasteiger partial charge in [-0.2, -0.15) is 0 Å². The van der Waals surface area contributed by atoms with E-state index in [-0.39, 0.29) is 11.8 Å². The van der Waals surface area contributed by atoms with Crippen molar-refractivity contribution in [2.24, 2.45) is 78.8 Å². The number of hydrogen-bond donors (Lipinski definition) is 0. The van der Waals surface area contributed by atoms with Crippen molar-refractivity contribution in [1.29, 1.82) is 0 Å². The van der Waals surface area contributed by atoms with E-state index in [0.717, 1.165) is 156 Å². The van der Waals surface area contributed by atoms with Gasteiger partial charge in [0.1, 0.15) is 0 Å². The van der Waals surface area contributed by atoms with Gasteiger partial charge in [-0.1, -0.05) is 231 Å². The molecule has 5 unspecified atom stereocenters. The Balaban J connectivity index is 0.000000574. The summed E-state index contributed by atoms with van der Waals surface area (Å²) >= 11 is 0. The number of carbonyl (C=O) groups is 2. The number of hydrogen-bond acceptors (Lipinski definition) is 8. The van der Waals surface area contributed by atoms with Gasteiger partial charge < -0.3 is 39.2 Å². The van der Waals surface area contributed by atoms with Gasteiger partial charge in [0, 0.05) is 143 Å². The summed E-state index contributed by atoms with van der Waals surface area (Å²) in [6, 6.07) is 1.22. The van der Waals surface area contributed by atoms with Gasteiger partial charge in [-0.15, -0.1) is 0 Å². The molecule has 7 aliphatic heterocycles. The van der Waals surface area contributed by atoms with Crippen LogP contribution in [0.1, 0.15) is 211 Å². The largest absolute Gasteiger partial charge is 0.372 e. The SMILES string of the molecule is C=CC(=C)N1CC(C(C)(C)C)C1C.C=CC(=C)N1CC(C)(C(C)(C)C)C1.C=CC(=C)N1CCC(C(C)(C)C)C1.C=CC(=C)N1CCC(C(C)(C)C)CC1.C=CC(=C)N1CCC(C(C)(C)C)CC1C.C=CC(=O)N1CC(C(C)(C)C)C1.CN(C)C/C=C/C(=O)N1CCC(C(C)(C)C)CC1. The van der Waals surface area contributed by atoms with E-state index in [9.17, 15) is 9.59 Å². The highest BCUT2D eigenvalue weighted by molar-refractivity contribution is 5.88. The lowest BCUT2D eigenvalue weighted by molar-refractivity contribution is -0.134. The number of amides is 2. The first kappa shape index (κ1) is 90.8. The monoisotopic (exact) mass is 1360 g/mol. The standard InChI is InChI=1S/C15H28N2O.C14H25N.C13H23N.3C12H21N.C10H17NO/c1-15(2,3)13-8-11-17(12-9-13)14(18)7-6-10-16(4)5;1-7-11(2)15-9-8-13(10-12(15)3)14(4,5)6;1-6-11(2)14-9-7-12(8-10-14)13(3,4)5;1-7-10(2)13-8-12(6,9-13)11(3,4)5;1-7-9(2)13-8-11(10(13)3)12(4,5)6;1-6-10(2)13-8-7-11(9-13)12(3,4)5;1-5-9(12)11-6-8(7-11)10(2,3)4/h6-7,13H,8-12H2,1-5H3;7,12-13H,1-2,8-10H2,3-6H3;6,12H,1-2,7-10H2,3-5H3;7H,1-2,8-9H2,3-6H3;7,10-11H,1-2,8H2,3-6H3;6,11H,1-2,7-9H2,3-5H3;5,8H,1,6-7H2,2-4H3/b7-6+;;;;;;. The Labute approximate surface area is 608 Å². The maximum atomic E-state index is 12.0. The van der Waals surface area contributed by atoms with Crippen molar-refractivity contribution >= 4 is 11.8 Å². The first-order valence-corrected chi connectivity index (χ1v) is 37.6. The van der Waals surface area contributed by atoms with Crippen molar-refractivity contribution in [3.05, 3.63) is 149 Å². The van der Waals surface area contributed by atoms with Gasteiger partial charge in [0.15, 0.2) is 0 Å². The zero-order valence-electron chi connectivity index (χ0n) is 69.1. The normalized spacial score (nSPS) is 22.4. The van der Waals surface area contributed by atoms with E-state index in [2.05, 4.69) is 268 Å². The third kappa shape index (κ3) is 29.4. The molecule has 0 radical (unpaired) electrons. The van der Waals surface area contributed by atoms with Crippen LogP contribution in [0.15, 0.2) is 149 Å². The molecule has 7 heterocycles. The average molecular weight is 1360 g/mol. The molecule has 0 spiro atoms. The molecule has 0 saturated carbocycles. The number of nitrogens with zero attached hydrogens (tertiary/aromatic N) is 8. The van der Waals surface area contributed by atoms with Crippen LogP contribution in [-0.4, -0.2) is 162 Å². The molecule has 0 aromatic carbocycles. The topological polar surface area (TPSA) is 60.1 Å². The van der Waals surface area contributed by atoms with Crippen LogP contribution in [-0.2, 0) is 9.59 Å². The smallest absolute Gasteiger partial charge is 0.246 e. The summed E-state index contributed by atoms with van der Waals surface area (Å²) in [5.41, 5.74) is 8.61. The number of rotatable bonds is 14. The van der Waals surface area contributed by atoms with Crippen molar-refractivity contribution in [3.63, 3.8) is 0 Å². The summed E-state index contributed by atoms with van der Waals surface area (Å²) in [6.45, 7) is 111. The van der Waals surface area contributed by atoms with Gasteiger partial charge in [-0.05, 0) is 177 Å². The molecular weight excluding hydrogens is 1200 g/mol. The highest BCUT2D eigenvalue weighted by Crippen LogP contribution is 2.47. The van der Waals surface area contributed by atoms with E-state index in [1.54, 1.807) is 6.08 Å². The Morgan fingerprint density at radius 3 is 1.11 bits per heavy atom. The van der Waals surface area contributed by atoms with E-state index < -0.39 is 0 Å². The van der Waals surface area contributed by atoms with Crippen LogP contribution >= 0.6 is 0 Å². The maximum Gasteiger partial charge on any atom is 0.246 e. The summed E-state index contributed by atoms with van der Waals surface area (Å²) in [7, 11) is 4.01. The van der Waals surface area contributed by atoms with Crippen molar-refractivity contribution in [2.75, 3.05) is 99.2 Å². The second-order valence-corrected chi connectivity index (χ2v) is 37.7. The predicted octanol–water partition coefficient (Wildman–Crippen LogP) is 20.5. The molecule has 0 aromatic rings.